The van der Waals surface area contributed by atoms with E-state index in [0.717, 1.165) is 6.42 Å². The second-order valence-electron chi connectivity index (χ2n) is 5.99. The highest BCUT2D eigenvalue weighted by molar-refractivity contribution is 9.10. The number of nitrogens with zero attached hydrogens (tertiary/aromatic N) is 1. The number of nitro groups is 1. The van der Waals surface area contributed by atoms with Crippen LogP contribution in [-0.2, 0) is 4.79 Å². The van der Waals surface area contributed by atoms with Crippen molar-refractivity contribution >= 4 is 50.8 Å². The van der Waals surface area contributed by atoms with E-state index in [1.165, 1.54) is 24.3 Å². The molecule has 164 valence electrons. The predicted octanol–water partition coefficient (Wildman–Crippen LogP) is 2.86. The Kier molecular flexibility index (Phi) is 9.15. The molecule has 2 aromatic carbocycles. The normalized spacial score (nSPS) is 10.0. The van der Waals surface area contributed by atoms with Gasteiger partial charge in [0.2, 0.25) is 0 Å². The van der Waals surface area contributed by atoms with Crippen LogP contribution in [0.4, 0.5) is 5.69 Å². The molecular weight excluding hydrogens is 492 g/mol. The predicted molar refractivity (Wildman–Crippen MR) is 120 cm³/mol. The van der Waals surface area contributed by atoms with Gasteiger partial charge in [-0.15, -0.1) is 0 Å². The van der Waals surface area contributed by atoms with E-state index in [1.54, 1.807) is 18.2 Å². The van der Waals surface area contributed by atoms with E-state index in [1.807, 2.05) is 6.92 Å². The molecule has 0 heterocycles. The summed E-state index contributed by atoms with van der Waals surface area (Å²) in [6.07, 6.45) is 0.860. The van der Waals surface area contributed by atoms with Crippen LogP contribution in [0.15, 0.2) is 46.9 Å². The number of hydrogen-bond donors (Lipinski definition) is 3. The average Bonchev–Trinajstić information content (AvgIpc) is 2.75. The van der Waals surface area contributed by atoms with Gasteiger partial charge in [-0.2, -0.15) is 0 Å². The number of amides is 2. The van der Waals surface area contributed by atoms with E-state index >= 15 is 0 Å². The molecular formula is C19H19BrN4O6S. The first-order valence-electron chi connectivity index (χ1n) is 9.00. The SMILES string of the molecule is CCCOc1ccc(C(=O)NC(=S)NNC(=O)COc2ccc([N+](=O)[O-])cc2)cc1Br. The highest BCUT2D eigenvalue weighted by Crippen LogP contribution is 2.26. The fourth-order valence-corrected chi connectivity index (χ4v) is 2.79. The molecule has 2 rings (SSSR count). The van der Waals surface area contributed by atoms with Crippen molar-refractivity contribution < 1.29 is 24.0 Å². The minimum atomic E-state index is -0.574. The summed E-state index contributed by atoms with van der Waals surface area (Å²) < 4.78 is 11.4. The first kappa shape index (κ1) is 24.0. The average molecular weight is 511 g/mol. The van der Waals surface area contributed by atoms with Crippen LogP contribution in [0.25, 0.3) is 0 Å². The zero-order chi connectivity index (χ0) is 22.8. The van der Waals surface area contributed by atoms with Gasteiger partial charge < -0.3 is 9.47 Å². The number of rotatable bonds is 8. The lowest BCUT2D eigenvalue weighted by Crippen LogP contribution is -2.49. The van der Waals surface area contributed by atoms with Gasteiger partial charge in [-0.1, -0.05) is 6.92 Å². The number of carbonyl (C=O) groups is 2. The summed E-state index contributed by atoms with van der Waals surface area (Å²) in [5, 5.41) is 12.9. The van der Waals surface area contributed by atoms with Crippen molar-refractivity contribution in [2.45, 2.75) is 13.3 Å². The number of nitrogens with one attached hydrogen (secondary N) is 3. The van der Waals surface area contributed by atoms with Crippen LogP contribution < -0.4 is 25.6 Å². The lowest BCUT2D eigenvalue weighted by atomic mass is 10.2. The molecule has 0 aliphatic rings. The summed E-state index contributed by atoms with van der Waals surface area (Å²) in [5.41, 5.74) is 4.92. The van der Waals surface area contributed by atoms with Crippen molar-refractivity contribution in [3.05, 3.63) is 62.6 Å². The monoisotopic (exact) mass is 510 g/mol. The minimum Gasteiger partial charge on any atom is -0.492 e. The van der Waals surface area contributed by atoms with Gasteiger partial charge in [-0.3, -0.25) is 35.9 Å². The lowest BCUT2D eigenvalue weighted by molar-refractivity contribution is -0.384. The molecule has 10 nitrogen and oxygen atoms in total. The summed E-state index contributed by atoms with van der Waals surface area (Å²) in [5.74, 6) is -0.139. The Balaban J connectivity index is 1.76. The summed E-state index contributed by atoms with van der Waals surface area (Å²) in [6.45, 7) is 2.18. The molecule has 2 amide bonds. The summed E-state index contributed by atoms with van der Waals surface area (Å²) >= 11 is 8.33. The second-order valence-corrected chi connectivity index (χ2v) is 7.25. The van der Waals surface area contributed by atoms with Gasteiger partial charge in [-0.25, -0.2) is 0 Å². The highest BCUT2D eigenvalue weighted by Gasteiger charge is 2.12. The van der Waals surface area contributed by atoms with Crippen molar-refractivity contribution in [3.8, 4) is 11.5 Å². The number of non-ortho nitro benzene ring substituents is 1. The zero-order valence-electron chi connectivity index (χ0n) is 16.3. The topological polar surface area (TPSA) is 132 Å². The Bertz CT molecular complexity index is 970. The fraction of sp³-hybridized carbons (Fsp3) is 0.211. The smallest absolute Gasteiger partial charge is 0.276 e. The van der Waals surface area contributed by atoms with Gasteiger partial charge >= 0.3 is 0 Å². The van der Waals surface area contributed by atoms with E-state index in [2.05, 4.69) is 32.1 Å². The summed E-state index contributed by atoms with van der Waals surface area (Å²) in [4.78, 5) is 34.2. The van der Waals surface area contributed by atoms with Gasteiger partial charge in [0, 0.05) is 17.7 Å². The molecule has 0 bridgehead atoms. The second kappa shape index (κ2) is 11.8. The molecule has 0 saturated carbocycles. The van der Waals surface area contributed by atoms with E-state index in [9.17, 15) is 19.7 Å². The van der Waals surface area contributed by atoms with Crippen LogP contribution in [0.1, 0.15) is 23.7 Å². The van der Waals surface area contributed by atoms with Gasteiger partial charge in [0.05, 0.1) is 16.0 Å². The summed E-state index contributed by atoms with van der Waals surface area (Å²) in [6, 6.07) is 10.1. The quantitative estimate of drug-likeness (QED) is 0.280. The first-order chi connectivity index (χ1) is 14.8. The number of halogens is 1. The van der Waals surface area contributed by atoms with E-state index in [-0.39, 0.29) is 23.2 Å². The molecule has 0 aliphatic heterocycles. The number of ether oxygens (including phenoxy) is 2. The third kappa shape index (κ3) is 7.83. The molecule has 0 fully saturated rings. The van der Waals surface area contributed by atoms with E-state index in [0.29, 0.717) is 22.4 Å². The molecule has 0 unspecified atom stereocenters. The van der Waals surface area contributed by atoms with Crippen LogP contribution in [-0.4, -0.2) is 35.1 Å². The number of hydrogen-bond acceptors (Lipinski definition) is 7. The van der Waals surface area contributed by atoms with Crippen LogP contribution in [0.3, 0.4) is 0 Å². The van der Waals surface area contributed by atoms with Crippen molar-refractivity contribution in [2.75, 3.05) is 13.2 Å². The Hall–Kier alpha value is -3.25. The Morgan fingerprint density at radius 1 is 1.13 bits per heavy atom. The molecule has 0 atom stereocenters. The van der Waals surface area contributed by atoms with E-state index < -0.39 is 16.7 Å². The summed E-state index contributed by atoms with van der Waals surface area (Å²) in [7, 11) is 0. The molecule has 12 heteroatoms. The van der Waals surface area contributed by atoms with E-state index in [4.69, 9.17) is 21.7 Å². The van der Waals surface area contributed by atoms with Crippen LogP contribution >= 0.6 is 28.1 Å². The van der Waals surface area contributed by atoms with Gasteiger partial charge in [0.1, 0.15) is 11.5 Å². The number of benzene rings is 2. The first-order valence-corrected chi connectivity index (χ1v) is 10.2. The fourth-order valence-electron chi connectivity index (χ4n) is 2.15. The maximum absolute atomic E-state index is 12.3. The maximum atomic E-state index is 12.3. The Morgan fingerprint density at radius 3 is 2.45 bits per heavy atom. The molecule has 0 aliphatic carbocycles. The van der Waals surface area contributed by atoms with Crippen LogP contribution in [0.2, 0.25) is 0 Å². The number of hydrazine groups is 1. The lowest BCUT2D eigenvalue weighted by Gasteiger charge is -2.12. The molecule has 0 saturated heterocycles. The van der Waals surface area contributed by atoms with Crippen LogP contribution in [0.5, 0.6) is 11.5 Å². The van der Waals surface area contributed by atoms with Crippen LogP contribution in [0, 0.1) is 10.1 Å². The highest BCUT2D eigenvalue weighted by atomic mass is 79.9. The molecule has 2 aromatic rings. The number of nitro benzene ring substituents is 1. The van der Waals surface area contributed by atoms with Crippen molar-refractivity contribution in [2.24, 2.45) is 0 Å². The maximum Gasteiger partial charge on any atom is 0.276 e. The Labute approximate surface area is 191 Å². The molecule has 0 aromatic heterocycles. The van der Waals surface area contributed by atoms with Crippen molar-refractivity contribution in [1.29, 1.82) is 0 Å². The third-order valence-electron chi connectivity index (χ3n) is 3.62. The molecule has 0 radical (unpaired) electrons. The molecule has 0 spiro atoms. The Morgan fingerprint density at radius 2 is 1.84 bits per heavy atom. The van der Waals surface area contributed by atoms with Gasteiger partial charge in [0.25, 0.3) is 17.5 Å². The molecule has 31 heavy (non-hydrogen) atoms. The van der Waals surface area contributed by atoms with Gasteiger partial charge in [0.15, 0.2) is 11.7 Å². The van der Waals surface area contributed by atoms with Crippen molar-refractivity contribution in [3.63, 3.8) is 0 Å². The standard InChI is InChI=1S/C19H19BrN4O6S/c1-2-9-29-16-8-3-12(10-15(16)20)18(26)21-19(31)23-22-17(25)11-30-14-6-4-13(5-7-14)24(27)28/h3-8,10H,2,9,11H2,1H3,(H,22,25)(H2,21,23,26,31). The minimum absolute atomic E-state index is 0.0882. The molecule has 3 N–H and O–H groups in total. The van der Waals surface area contributed by atoms with Gasteiger partial charge in [-0.05, 0) is 64.9 Å². The third-order valence-corrected chi connectivity index (χ3v) is 4.44. The van der Waals surface area contributed by atoms with Crippen molar-refractivity contribution in [1.82, 2.24) is 16.2 Å². The number of thiocarbonyl (C=S) groups is 1. The number of carbonyl (C=O) groups excluding carboxylic acids is 2. The zero-order valence-corrected chi connectivity index (χ0v) is 18.7. The largest absolute Gasteiger partial charge is 0.492 e.